The van der Waals surface area contributed by atoms with Crippen LogP contribution in [0.25, 0.3) is 0 Å². The zero-order chi connectivity index (χ0) is 11.0. The number of nitrogen functional groups attached to an aromatic ring is 1. The van der Waals surface area contributed by atoms with Gasteiger partial charge in [-0.15, -0.1) is 0 Å². The summed E-state index contributed by atoms with van der Waals surface area (Å²) < 4.78 is 0. The van der Waals surface area contributed by atoms with Crippen LogP contribution in [0.1, 0.15) is 47.6 Å². The summed E-state index contributed by atoms with van der Waals surface area (Å²) in [6.45, 7) is 1.98. The van der Waals surface area contributed by atoms with Crippen LogP contribution in [0.3, 0.4) is 0 Å². The van der Waals surface area contributed by atoms with Crippen LogP contribution in [0.4, 0.5) is 5.82 Å². The summed E-state index contributed by atoms with van der Waals surface area (Å²) in [7, 11) is 0. The Morgan fingerprint density at radius 3 is 2.60 bits per heavy atom. The molecule has 0 atom stereocenters. The fraction of sp³-hybridized carbons (Fsp3) is 0.500. The average molecular weight is 206 g/mol. The molecule has 1 aliphatic carbocycles. The fourth-order valence-electron chi connectivity index (χ4n) is 1.62. The van der Waals surface area contributed by atoms with Gasteiger partial charge in [-0.05, 0) is 19.3 Å². The maximum absolute atomic E-state index is 11.0. The maximum atomic E-state index is 11.0. The van der Waals surface area contributed by atoms with Gasteiger partial charge < -0.3 is 11.5 Å². The number of carbonyl (C=O) groups is 1. The summed E-state index contributed by atoms with van der Waals surface area (Å²) in [4.78, 5) is 19.5. The number of aryl methyl sites for hydroxylation is 1. The average Bonchev–Trinajstić information content (AvgIpc) is 3.00. The number of nitrogens with zero attached hydrogens (tertiary/aromatic N) is 2. The number of carbonyl (C=O) groups excluding carboxylic acids is 1. The van der Waals surface area contributed by atoms with E-state index in [0.29, 0.717) is 5.92 Å². The third-order valence-electron chi connectivity index (χ3n) is 2.56. The lowest BCUT2D eigenvalue weighted by molar-refractivity contribution is 0.0996. The van der Waals surface area contributed by atoms with Crippen molar-refractivity contribution < 1.29 is 4.79 Å². The van der Waals surface area contributed by atoms with Crippen LogP contribution in [-0.4, -0.2) is 15.9 Å². The van der Waals surface area contributed by atoms with Crippen LogP contribution in [-0.2, 0) is 6.42 Å². The van der Waals surface area contributed by atoms with Crippen molar-refractivity contribution in [2.75, 3.05) is 5.73 Å². The van der Waals surface area contributed by atoms with Crippen LogP contribution in [0.5, 0.6) is 0 Å². The first-order valence-corrected chi connectivity index (χ1v) is 5.09. The third kappa shape index (κ3) is 1.77. The Morgan fingerprint density at radius 1 is 1.47 bits per heavy atom. The molecule has 0 radical (unpaired) electrons. The van der Waals surface area contributed by atoms with Crippen molar-refractivity contribution in [2.24, 2.45) is 5.73 Å². The molecule has 0 aliphatic heterocycles. The molecule has 1 aliphatic rings. The highest BCUT2D eigenvalue weighted by Crippen LogP contribution is 2.40. The Morgan fingerprint density at radius 2 is 2.13 bits per heavy atom. The molecule has 0 unspecified atom stereocenters. The monoisotopic (exact) mass is 206 g/mol. The molecule has 2 rings (SSSR count). The zero-order valence-corrected chi connectivity index (χ0v) is 8.66. The van der Waals surface area contributed by atoms with Crippen LogP contribution in [0.15, 0.2) is 0 Å². The largest absolute Gasteiger partial charge is 0.382 e. The highest BCUT2D eigenvalue weighted by molar-refractivity contribution is 5.95. The first kappa shape index (κ1) is 9.89. The molecule has 1 aromatic heterocycles. The van der Waals surface area contributed by atoms with E-state index >= 15 is 0 Å². The van der Waals surface area contributed by atoms with Gasteiger partial charge in [-0.3, -0.25) is 4.79 Å². The first-order valence-electron chi connectivity index (χ1n) is 5.09. The van der Waals surface area contributed by atoms with Crippen LogP contribution < -0.4 is 11.5 Å². The van der Waals surface area contributed by atoms with Gasteiger partial charge in [0, 0.05) is 5.92 Å². The molecule has 4 N–H and O–H groups in total. The molecule has 0 aromatic carbocycles. The summed E-state index contributed by atoms with van der Waals surface area (Å²) in [6.07, 6.45) is 3.02. The number of amides is 1. The van der Waals surface area contributed by atoms with Crippen molar-refractivity contribution in [1.29, 1.82) is 0 Å². The smallest absolute Gasteiger partial charge is 0.271 e. The van der Waals surface area contributed by atoms with Gasteiger partial charge in [-0.2, -0.15) is 0 Å². The minimum absolute atomic E-state index is 0.0938. The van der Waals surface area contributed by atoms with Crippen molar-refractivity contribution in [3.63, 3.8) is 0 Å². The molecule has 0 bridgehead atoms. The first-order chi connectivity index (χ1) is 7.13. The third-order valence-corrected chi connectivity index (χ3v) is 2.56. The minimum Gasteiger partial charge on any atom is -0.382 e. The number of anilines is 1. The second-order valence-electron chi connectivity index (χ2n) is 3.78. The summed E-state index contributed by atoms with van der Waals surface area (Å²) in [5.41, 5.74) is 12.7. The summed E-state index contributed by atoms with van der Waals surface area (Å²) in [5.74, 6) is 0.0234. The molecule has 0 spiro atoms. The second-order valence-corrected chi connectivity index (χ2v) is 3.78. The Balaban J connectivity index is 2.49. The standard InChI is InChI=1S/C10H14N4O/c1-2-6-7(5-3-4-5)14-9(11)8(13-6)10(12)15/h5H,2-4H2,1H3,(H2,11,14)(H2,12,15). The lowest BCUT2D eigenvalue weighted by Crippen LogP contribution is -2.19. The topological polar surface area (TPSA) is 94.9 Å². The SMILES string of the molecule is CCc1nc(C(N)=O)c(N)nc1C1CC1. The number of primary amides is 1. The van der Waals surface area contributed by atoms with E-state index in [4.69, 9.17) is 11.5 Å². The minimum atomic E-state index is -0.614. The Bertz CT molecular complexity index is 412. The van der Waals surface area contributed by atoms with Gasteiger partial charge in [-0.25, -0.2) is 9.97 Å². The number of nitrogens with two attached hydrogens (primary N) is 2. The van der Waals surface area contributed by atoms with Gasteiger partial charge in [-0.1, -0.05) is 6.92 Å². The molecule has 0 saturated heterocycles. The fourth-order valence-corrected chi connectivity index (χ4v) is 1.62. The van der Waals surface area contributed by atoms with Crippen LogP contribution in [0, 0.1) is 0 Å². The second kappa shape index (κ2) is 3.49. The molecule has 1 fully saturated rings. The molecule has 1 aromatic rings. The van der Waals surface area contributed by atoms with E-state index in [2.05, 4.69) is 9.97 Å². The number of hydrogen-bond acceptors (Lipinski definition) is 4. The molecular weight excluding hydrogens is 192 g/mol. The lowest BCUT2D eigenvalue weighted by Gasteiger charge is -2.08. The van der Waals surface area contributed by atoms with E-state index in [1.165, 1.54) is 0 Å². The van der Waals surface area contributed by atoms with Crippen LogP contribution >= 0.6 is 0 Å². The van der Waals surface area contributed by atoms with E-state index < -0.39 is 5.91 Å². The van der Waals surface area contributed by atoms with E-state index in [1.54, 1.807) is 0 Å². The van der Waals surface area contributed by atoms with Crippen molar-refractivity contribution in [1.82, 2.24) is 9.97 Å². The predicted molar refractivity (Wildman–Crippen MR) is 56.3 cm³/mol. The molecule has 80 valence electrons. The molecule has 1 saturated carbocycles. The quantitative estimate of drug-likeness (QED) is 0.756. The van der Waals surface area contributed by atoms with Crippen LogP contribution in [0.2, 0.25) is 0 Å². The van der Waals surface area contributed by atoms with Crippen molar-refractivity contribution >= 4 is 11.7 Å². The van der Waals surface area contributed by atoms with E-state index in [9.17, 15) is 4.79 Å². The van der Waals surface area contributed by atoms with Gasteiger partial charge in [0.2, 0.25) is 0 Å². The van der Waals surface area contributed by atoms with E-state index in [1.807, 2.05) is 6.92 Å². The molecular formula is C10H14N4O. The Hall–Kier alpha value is -1.65. The van der Waals surface area contributed by atoms with Crippen molar-refractivity contribution in [3.05, 3.63) is 17.1 Å². The van der Waals surface area contributed by atoms with Gasteiger partial charge in [0.05, 0.1) is 11.4 Å². The predicted octanol–water partition coefficient (Wildman–Crippen LogP) is 0.597. The summed E-state index contributed by atoms with van der Waals surface area (Å²) in [5, 5.41) is 0. The van der Waals surface area contributed by atoms with Gasteiger partial charge in [0.15, 0.2) is 11.5 Å². The highest BCUT2D eigenvalue weighted by atomic mass is 16.1. The molecule has 1 heterocycles. The normalized spacial score (nSPS) is 15.3. The summed E-state index contributed by atoms with van der Waals surface area (Å²) >= 11 is 0. The zero-order valence-electron chi connectivity index (χ0n) is 8.66. The van der Waals surface area contributed by atoms with Gasteiger partial charge in [0.25, 0.3) is 5.91 Å². The van der Waals surface area contributed by atoms with Crippen molar-refractivity contribution in [2.45, 2.75) is 32.1 Å². The lowest BCUT2D eigenvalue weighted by atomic mass is 10.1. The number of hydrogen-bond donors (Lipinski definition) is 2. The van der Waals surface area contributed by atoms with Crippen molar-refractivity contribution in [3.8, 4) is 0 Å². The number of aromatic nitrogens is 2. The number of rotatable bonds is 3. The molecule has 15 heavy (non-hydrogen) atoms. The summed E-state index contributed by atoms with van der Waals surface area (Å²) in [6, 6.07) is 0. The Labute approximate surface area is 87.9 Å². The van der Waals surface area contributed by atoms with E-state index in [0.717, 1.165) is 30.7 Å². The Kier molecular flexibility index (Phi) is 2.30. The van der Waals surface area contributed by atoms with Gasteiger partial charge in [0.1, 0.15) is 0 Å². The molecule has 5 heteroatoms. The van der Waals surface area contributed by atoms with E-state index in [-0.39, 0.29) is 11.5 Å². The molecule has 5 nitrogen and oxygen atoms in total. The molecule has 1 amide bonds. The highest BCUT2D eigenvalue weighted by Gasteiger charge is 2.29. The maximum Gasteiger partial charge on any atom is 0.271 e. The van der Waals surface area contributed by atoms with Gasteiger partial charge >= 0.3 is 0 Å².